The predicted octanol–water partition coefficient (Wildman–Crippen LogP) is 8.65. The molecule has 1 heterocycles. The average molecular weight is 583 g/mol. The highest BCUT2D eigenvalue weighted by Gasteiger charge is 2.52. The van der Waals surface area contributed by atoms with E-state index in [1.165, 1.54) is 0 Å². The van der Waals surface area contributed by atoms with E-state index in [1.807, 2.05) is 88.4 Å². The molecule has 2 aliphatic carbocycles. The zero-order valence-corrected chi connectivity index (χ0v) is 25.2. The molecular formula is C35H35O6P. The molecule has 0 bridgehead atoms. The van der Waals surface area contributed by atoms with Gasteiger partial charge in [0.15, 0.2) is 0 Å². The van der Waals surface area contributed by atoms with E-state index in [4.69, 9.17) is 18.5 Å². The molecule has 42 heavy (non-hydrogen) atoms. The molecule has 4 aromatic rings. The van der Waals surface area contributed by atoms with Crippen molar-refractivity contribution in [2.45, 2.75) is 71.0 Å². The molecule has 3 aliphatic rings. The first-order valence-corrected chi connectivity index (χ1v) is 16.2. The van der Waals surface area contributed by atoms with Gasteiger partial charge in [0.25, 0.3) is 0 Å². The van der Waals surface area contributed by atoms with Gasteiger partial charge in [0.05, 0.1) is 12.2 Å². The van der Waals surface area contributed by atoms with Crippen molar-refractivity contribution in [2.24, 2.45) is 0 Å². The van der Waals surface area contributed by atoms with E-state index in [0.717, 1.165) is 70.2 Å². The van der Waals surface area contributed by atoms with Crippen molar-refractivity contribution in [3.05, 3.63) is 95.1 Å². The standard InChI is InChI=1S/C35H35O6P/c1-21(2)38-29-11-7-5-9-25(29)27-15-13-23-17-19-35-20-18-24-14-16-28(26-10-6-8-12-30(26)39-22(3)4)34(32(24)35)41-42(36,37)40-33(27)31(23)35/h5-16,21-22H,17-20H2,1-4H3,(H,36,37). The summed E-state index contributed by atoms with van der Waals surface area (Å²) in [7, 11) is -4.62. The van der Waals surface area contributed by atoms with Crippen molar-refractivity contribution in [1.82, 2.24) is 0 Å². The summed E-state index contributed by atoms with van der Waals surface area (Å²) >= 11 is 0. The molecule has 6 nitrogen and oxygen atoms in total. The third-order valence-electron chi connectivity index (χ3n) is 8.58. The Morgan fingerprint density at radius 2 is 1.10 bits per heavy atom. The molecule has 0 radical (unpaired) electrons. The van der Waals surface area contributed by atoms with Crippen molar-refractivity contribution in [2.75, 3.05) is 0 Å². The van der Waals surface area contributed by atoms with E-state index >= 15 is 0 Å². The molecule has 0 unspecified atom stereocenters. The third-order valence-corrected chi connectivity index (χ3v) is 9.41. The lowest BCUT2D eigenvalue weighted by Crippen LogP contribution is -2.25. The number of ether oxygens (including phenoxy) is 2. The maximum atomic E-state index is 13.9. The van der Waals surface area contributed by atoms with Crippen LogP contribution in [0.4, 0.5) is 0 Å². The lowest BCUT2D eigenvalue weighted by Gasteiger charge is -2.35. The summed E-state index contributed by atoms with van der Waals surface area (Å²) in [6, 6.07) is 23.8. The molecular weight excluding hydrogens is 547 g/mol. The van der Waals surface area contributed by atoms with Crippen molar-refractivity contribution < 1.29 is 28.0 Å². The molecule has 7 rings (SSSR count). The van der Waals surface area contributed by atoms with Crippen LogP contribution in [0.25, 0.3) is 22.3 Å². The summed E-state index contributed by atoms with van der Waals surface area (Å²) in [5.41, 5.74) is 6.99. The van der Waals surface area contributed by atoms with Gasteiger partial charge in [0.1, 0.15) is 23.0 Å². The second-order valence-corrected chi connectivity index (χ2v) is 13.3. The van der Waals surface area contributed by atoms with Gasteiger partial charge < -0.3 is 18.5 Å². The van der Waals surface area contributed by atoms with Gasteiger partial charge >= 0.3 is 7.82 Å². The smallest absolute Gasteiger partial charge is 0.490 e. The molecule has 0 saturated carbocycles. The first-order chi connectivity index (χ1) is 20.2. The zero-order chi connectivity index (χ0) is 29.2. The number of hydrogen-bond acceptors (Lipinski definition) is 5. The van der Waals surface area contributed by atoms with Crippen LogP contribution in [0.15, 0.2) is 72.8 Å². The van der Waals surface area contributed by atoms with Crippen LogP contribution in [0.3, 0.4) is 0 Å². The summed E-state index contributed by atoms with van der Waals surface area (Å²) in [6.45, 7) is 7.94. The molecule has 0 amide bonds. The van der Waals surface area contributed by atoms with Gasteiger partial charge in [-0.05, 0) is 76.6 Å². The van der Waals surface area contributed by atoms with Crippen molar-refractivity contribution in [1.29, 1.82) is 0 Å². The van der Waals surface area contributed by atoms with Crippen molar-refractivity contribution >= 4 is 7.82 Å². The van der Waals surface area contributed by atoms with E-state index < -0.39 is 13.2 Å². The lowest BCUT2D eigenvalue weighted by molar-refractivity contribution is 0.243. The molecule has 0 saturated heterocycles. The molecule has 1 spiro atoms. The van der Waals surface area contributed by atoms with Crippen LogP contribution in [0.1, 0.15) is 62.8 Å². The largest absolute Gasteiger partial charge is 0.584 e. The second kappa shape index (κ2) is 9.93. The Morgan fingerprint density at radius 1 is 0.667 bits per heavy atom. The normalized spacial score (nSPS) is 17.1. The van der Waals surface area contributed by atoms with E-state index in [-0.39, 0.29) is 12.2 Å². The van der Waals surface area contributed by atoms with Gasteiger partial charge in [-0.25, -0.2) is 4.57 Å². The number of phosphoric ester groups is 1. The summed E-state index contributed by atoms with van der Waals surface area (Å²) in [4.78, 5) is 11.4. The van der Waals surface area contributed by atoms with E-state index in [0.29, 0.717) is 23.0 Å². The SMILES string of the molecule is CC(C)Oc1ccccc1-c1ccc2c3c1OP(=O)(O)Oc1c(-c4ccccc4OC(C)C)ccc4c1C3(CC2)CC4. The van der Waals surface area contributed by atoms with Crippen molar-refractivity contribution in [3.63, 3.8) is 0 Å². The summed E-state index contributed by atoms with van der Waals surface area (Å²) in [5, 5.41) is 0. The third kappa shape index (κ3) is 4.31. The Balaban J connectivity index is 1.50. The van der Waals surface area contributed by atoms with E-state index in [1.54, 1.807) is 0 Å². The molecule has 4 aromatic carbocycles. The molecule has 7 heteroatoms. The number of benzene rings is 4. The van der Waals surface area contributed by atoms with Crippen LogP contribution in [-0.4, -0.2) is 17.1 Å². The monoisotopic (exact) mass is 582 g/mol. The molecule has 0 fully saturated rings. The Hall–Kier alpha value is -3.73. The first-order valence-electron chi connectivity index (χ1n) is 14.7. The maximum Gasteiger partial charge on any atom is 0.584 e. The summed E-state index contributed by atoms with van der Waals surface area (Å²) in [5.74, 6) is 2.24. The minimum absolute atomic E-state index is 0.0345. The van der Waals surface area contributed by atoms with Crippen LogP contribution >= 0.6 is 7.82 Å². The Labute approximate surface area is 246 Å². The fourth-order valence-corrected chi connectivity index (χ4v) is 7.99. The van der Waals surface area contributed by atoms with Gasteiger partial charge in [-0.15, -0.1) is 0 Å². The van der Waals surface area contributed by atoms with Crippen LogP contribution in [-0.2, 0) is 22.8 Å². The number of rotatable bonds is 6. The fraction of sp³-hybridized carbons (Fsp3) is 0.314. The summed E-state index contributed by atoms with van der Waals surface area (Å²) in [6.07, 6.45) is 3.38. The summed E-state index contributed by atoms with van der Waals surface area (Å²) < 4.78 is 38.6. The topological polar surface area (TPSA) is 74.2 Å². The highest BCUT2D eigenvalue weighted by atomic mass is 31.2. The number of para-hydroxylation sites is 2. The van der Waals surface area contributed by atoms with Crippen LogP contribution < -0.4 is 18.5 Å². The van der Waals surface area contributed by atoms with Crippen molar-refractivity contribution in [3.8, 4) is 45.3 Å². The van der Waals surface area contributed by atoms with Gasteiger partial charge in [-0.2, -0.15) is 0 Å². The Bertz CT molecular complexity index is 1630. The van der Waals surface area contributed by atoms with E-state index in [2.05, 4.69) is 12.1 Å². The minimum atomic E-state index is -4.62. The molecule has 0 aromatic heterocycles. The van der Waals surface area contributed by atoms with Crippen LogP contribution in [0.2, 0.25) is 0 Å². The Kier molecular flexibility index (Phi) is 6.41. The Morgan fingerprint density at radius 3 is 1.52 bits per heavy atom. The average Bonchev–Trinajstić information content (AvgIpc) is 3.50. The molecule has 216 valence electrons. The van der Waals surface area contributed by atoms with Gasteiger partial charge in [0, 0.05) is 38.8 Å². The van der Waals surface area contributed by atoms with Crippen LogP contribution in [0.5, 0.6) is 23.0 Å². The lowest BCUT2D eigenvalue weighted by atomic mass is 9.74. The highest BCUT2D eigenvalue weighted by Crippen LogP contribution is 2.65. The highest BCUT2D eigenvalue weighted by molar-refractivity contribution is 7.48. The first kappa shape index (κ1) is 27.1. The van der Waals surface area contributed by atoms with Gasteiger partial charge in [0.2, 0.25) is 0 Å². The minimum Gasteiger partial charge on any atom is -0.490 e. The van der Waals surface area contributed by atoms with E-state index in [9.17, 15) is 9.46 Å². The maximum absolute atomic E-state index is 13.9. The molecule has 0 atom stereocenters. The zero-order valence-electron chi connectivity index (χ0n) is 24.3. The number of hydrogen-bond donors (Lipinski definition) is 1. The molecule has 1 aliphatic heterocycles. The number of phosphoric acid groups is 1. The predicted molar refractivity (Wildman–Crippen MR) is 164 cm³/mol. The second-order valence-electron chi connectivity index (χ2n) is 12.0. The quantitative estimate of drug-likeness (QED) is 0.229. The van der Waals surface area contributed by atoms with Gasteiger partial charge in [-0.3, -0.25) is 4.89 Å². The number of aryl methyl sites for hydroxylation is 2. The fourth-order valence-electron chi connectivity index (χ4n) is 7.11. The molecule has 1 N–H and O–H groups in total. The van der Waals surface area contributed by atoms with Gasteiger partial charge in [-0.1, -0.05) is 60.7 Å². The van der Waals surface area contributed by atoms with Crippen LogP contribution in [0, 0.1) is 0 Å².